The molecule has 0 saturated carbocycles. The molecule has 2 N–H and O–H groups in total. The Kier molecular flexibility index (Phi) is 6.54. The van der Waals surface area contributed by atoms with Gasteiger partial charge in [0, 0.05) is 28.6 Å². The number of halogens is 2. The molecule has 0 bridgehead atoms. The number of aromatic nitrogens is 3. The predicted molar refractivity (Wildman–Crippen MR) is 115 cm³/mol. The van der Waals surface area contributed by atoms with Crippen LogP contribution in [0.4, 0.5) is 0 Å². The average molecular weight is 435 g/mol. The molecule has 3 rings (SSSR count). The minimum atomic E-state index is -0.230. The van der Waals surface area contributed by atoms with Crippen LogP contribution < -0.4 is 5.32 Å². The van der Waals surface area contributed by atoms with Crippen molar-refractivity contribution < 1.29 is 4.79 Å². The van der Waals surface area contributed by atoms with E-state index in [9.17, 15) is 4.79 Å². The lowest BCUT2D eigenvalue weighted by atomic mass is 10.1. The lowest BCUT2D eigenvalue weighted by Crippen LogP contribution is -2.27. The molecule has 5 nitrogen and oxygen atoms in total. The predicted octanol–water partition coefficient (Wildman–Crippen LogP) is 5.49. The van der Waals surface area contributed by atoms with Gasteiger partial charge in [-0.2, -0.15) is 5.10 Å². The minimum Gasteiger partial charge on any atom is -0.349 e. The van der Waals surface area contributed by atoms with Gasteiger partial charge in [-0.3, -0.25) is 14.5 Å². The number of nitrogens with zero attached hydrogens (tertiary/aromatic N) is 2. The molecule has 0 unspecified atom stereocenters. The van der Waals surface area contributed by atoms with Crippen LogP contribution in [-0.2, 0) is 11.3 Å². The number of nitrogens with one attached hydrogen (secondary N) is 2. The minimum absolute atomic E-state index is 0.100. The molecule has 0 aliphatic carbocycles. The second-order valence-corrected chi connectivity index (χ2v) is 7.81. The summed E-state index contributed by atoms with van der Waals surface area (Å²) >= 11 is 17.5. The van der Waals surface area contributed by atoms with Crippen LogP contribution in [0, 0.1) is 11.7 Å². The van der Waals surface area contributed by atoms with Crippen molar-refractivity contribution in [1.29, 1.82) is 0 Å². The SMILES string of the molecule is Cc1ccc(-c2n[nH]c(=S)n2CCC(=O)N[C@H](C)c2ccc(Cl)cc2Cl)cc1. The van der Waals surface area contributed by atoms with Gasteiger partial charge in [0.05, 0.1) is 6.04 Å². The molecule has 0 fully saturated rings. The Hall–Kier alpha value is -2.15. The summed E-state index contributed by atoms with van der Waals surface area (Å²) in [6.07, 6.45) is 0.266. The Morgan fingerprint density at radius 1 is 1.25 bits per heavy atom. The molecule has 1 aromatic heterocycles. The molecule has 1 heterocycles. The van der Waals surface area contributed by atoms with Crippen molar-refractivity contribution in [2.24, 2.45) is 0 Å². The van der Waals surface area contributed by atoms with Gasteiger partial charge in [-0.05, 0) is 43.8 Å². The highest BCUT2D eigenvalue weighted by molar-refractivity contribution is 7.71. The van der Waals surface area contributed by atoms with Crippen LogP contribution in [0.3, 0.4) is 0 Å². The van der Waals surface area contributed by atoms with Crippen molar-refractivity contribution in [3.05, 3.63) is 68.4 Å². The maximum Gasteiger partial charge on any atom is 0.222 e. The van der Waals surface area contributed by atoms with Crippen LogP contribution in [-0.4, -0.2) is 20.7 Å². The Morgan fingerprint density at radius 2 is 1.96 bits per heavy atom. The number of H-pyrrole nitrogens is 1. The summed E-state index contributed by atoms with van der Waals surface area (Å²) in [7, 11) is 0. The van der Waals surface area contributed by atoms with Crippen molar-refractivity contribution in [1.82, 2.24) is 20.1 Å². The van der Waals surface area contributed by atoms with E-state index in [-0.39, 0.29) is 18.4 Å². The summed E-state index contributed by atoms with van der Waals surface area (Å²) in [5.41, 5.74) is 2.93. The van der Waals surface area contributed by atoms with Crippen molar-refractivity contribution in [3.8, 4) is 11.4 Å². The van der Waals surface area contributed by atoms with Crippen LogP contribution in [0.1, 0.15) is 30.5 Å². The number of hydrogen-bond acceptors (Lipinski definition) is 3. The number of amides is 1. The highest BCUT2D eigenvalue weighted by Crippen LogP contribution is 2.26. The van der Waals surface area contributed by atoms with Gasteiger partial charge in [0.2, 0.25) is 5.91 Å². The first-order valence-corrected chi connectivity index (χ1v) is 9.98. The van der Waals surface area contributed by atoms with Crippen LogP contribution in [0.5, 0.6) is 0 Å². The molecule has 0 aliphatic rings. The molecule has 146 valence electrons. The normalized spacial score (nSPS) is 12.0. The van der Waals surface area contributed by atoms with Crippen molar-refractivity contribution in [3.63, 3.8) is 0 Å². The highest BCUT2D eigenvalue weighted by atomic mass is 35.5. The number of carbonyl (C=O) groups excluding carboxylic acids is 1. The Morgan fingerprint density at radius 3 is 2.64 bits per heavy atom. The third kappa shape index (κ3) is 4.82. The first-order chi connectivity index (χ1) is 13.3. The number of aryl methyl sites for hydroxylation is 1. The van der Waals surface area contributed by atoms with Gasteiger partial charge in [0.25, 0.3) is 0 Å². The van der Waals surface area contributed by atoms with E-state index >= 15 is 0 Å². The zero-order valence-electron chi connectivity index (χ0n) is 15.5. The van der Waals surface area contributed by atoms with Crippen molar-refractivity contribution >= 4 is 41.3 Å². The standard InChI is InChI=1S/C20H20Cl2N4OS/c1-12-3-5-14(6-4-12)19-24-25-20(28)26(19)10-9-18(27)23-13(2)16-8-7-15(21)11-17(16)22/h3-8,11,13H,9-10H2,1-2H3,(H,23,27)(H,25,28)/t13-/m1/s1. The maximum absolute atomic E-state index is 12.4. The molecule has 0 saturated heterocycles. The number of hydrogen-bond donors (Lipinski definition) is 2. The van der Waals surface area contributed by atoms with Gasteiger partial charge in [0.15, 0.2) is 10.6 Å². The first kappa shape index (κ1) is 20.6. The zero-order chi connectivity index (χ0) is 20.3. The number of carbonyl (C=O) groups is 1. The molecule has 1 atom stereocenters. The second kappa shape index (κ2) is 8.90. The van der Waals surface area contributed by atoms with Gasteiger partial charge in [0.1, 0.15) is 0 Å². The van der Waals surface area contributed by atoms with E-state index in [4.69, 9.17) is 35.4 Å². The molecular weight excluding hydrogens is 415 g/mol. The van der Waals surface area contributed by atoms with E-state index in [1.54, 1.807) is 12.1 Å². The van der Waals surface area contributed by atoms with E-state index in [0.717, 1.165) is 11.1 Å². The number of aromatic amines is 1. The quantitative estimate of drug-likeness (QED) is 0.504. The van der Waals surface area contributed by atoms with Gasteiger partial charge >= 0.3 is 0 Å². The summed E-state index contributed by atoms with van der Waals surface area (Å²) < 4.78 is 2.32. The molecule has 0 spiro atoms. The van der Waals surface area contributed by atoms with E-state index < -0.39 is 0 Å². The van der Waals surface area contributed by atoms with E-state index in [1.165, 1.54) is 5.56 Å². The highest BCUT2D eigenvalue weighted by Gasteiger charge is 2.15. The van der Waals surface area contributed by atoms with Crippen LogP contribution >= 0.6 is 35.4 Å². The van der Waals surface area contributed by atoms with Crippen LogP contribution in [0.15, 0.2) is 42.5 Å². The third-order valence-corrected chi connectivity index (χ3v) is 5.31. The van der Waals surface area contributed by atoms with Gasteiger partial charge in [-0.15, -0.1) is 0 Å². The summed E-state index contributed by atoms with van der Waals surface area (Å²) in [5.74, 6) is 0.614. The van der Waals surface area contributed by atoms with Crippen molar-refractivity contribution in [2.45, 2.75) is 32.9 Å². The summed E-state index contributed by atoms with van der Waals surface area (Å²) in [4.78, 5) is 12.4. The van der Waals surface area contributed by atoms with E-state index in [2.05, 4.69) is 15.5 Å². The monoisotopic (exact) mass is 434 g/mol. The Bertz CT molecular complexity index is 1040. The second-order valence-electron chi connectivity index (χ2n) is 6.58. The number of benzene rings is 2. The maximum atomic E-state index is 12.4. The van der Waals surface area contributed by atoms with Gasteiger partial charge < -0.3 is 5.32 Å². The third-order valence-electron chi connectivity index (χ3n) is 4.44. The molecule has 28 heavy (non-hydrogen) atoms. The largest absolute Gasteiger partial charge is 0.349 e. The molecule has 8 heteroatoms. The topological polar surface area (TPSA) is 62.7 Å². The van der Waals surface area contributed by atoms with Gasteiger partial charge in [-0.25, -0.2) is 0 Å². The molecule has 0 aliphatic heterocycles. The Balaban J connectivity index is 1.67. The van der Waals surface area contributed by atoms with E-state index in [1.807, 2.05) is 48.7 Å². The number of rotatable bonds is 6. The summed E-state index contributed by atoms with van der Waals surface area (Å²) in [5, 5.41) is 11.2. The Labute approximate surface area is 178 Å². The molecule has 2 aromatic carbocycles. The fourth-order valence-electron chi connectivity index (χ4n) is 2.91. The lowest BCUT2D eigenvalue weighted by molar-refractivity contribution is -0.121. The fraction of sp³-hybridized carbons (Fsp3) is 0.250. The van der Waals surface area contributed by atoms with Gasteiger partial charge in [-0.1, -0.05) is 59.1 Å². The molecule has 3 aromatic rings. The first-order valence-electron chi connectivity index (χ1n) is 8.81. The summed E-state index contributed by atoms with van der Waals surface area (Å²) in [6.45, 7) is 4.33. The molecule has 1 amide bonds. The fourth-order valence-corrected chi connectivity index (χ4v) is 3.70. The summed E-state index contributed by atoms with van der Waals surface area (Å²) in [6, 6.07) is 13.0. The van der Waals surface area contributed by atoms with Crippen LogP contribution in [0.25, 0.3) is 11.4 Å². The smallest absolute Gasteiger partial charge is 0.222 e. The van der Waals surface area contributed by atoms with E-state index in [0.29, 0.717) is 27.2 Å². The molecule has 0 radical (unpaired) electrons. The van der Waals surface area contributed by atoms with Crippen molar-refractivity contribution in [2.75, 3.05) is 0 Å². The lowest BCUT2D eigenvalue weighted by Gasteiger charge is -2.16. The van der Waals surface area contributed by atoms with Crippen LogP contribution in [0.2, 0.25) is 10.0 Å². The zero-order valence-corrected chi connectivity index (χ0v) is 17.8. The average Bonchev–Trinajstić information content (AvgIpc) is 3.01. The molecular formula is C20H20Cl2N4OS.